The Balaban J connectivity index is 2.30. The second-order valence-corrected chi connectivity index (χ2v) is 5.81. The van der Waals surface area contributed by atoms with E-state index in [0.717, 1.165) is 18.8 Å². The van der Waals surface area contributed by atoms with Crippen LogP contribution in [0.5, 0.6) is 0 Å². The topological polar surface area (TPSA) is 58.6 Å². The summed E-state index contributed by atoms with van der Waals surface area (Å²) in [5, 5.41) is 2.99. The number of carbonyl (C=O) groups excluding carboxylic acids is 2. The molecule has 20 heavy (non-hydrogen) atoms. The second-order valence-electron chi connectivity index (χ2n) is 5.81. The van der Waals surface area contributed by atoms with Gasteiger partial charge in [-0.3, -0.25) is 4.79 Å². The Morgan fingerprint density at radius 1 is 1.25 bits per heavy atom. The molecule has 1 fully saturated rings. The minimum absolute atomic E-state index is 0.114. The summed E-state index contributed by atoms with van der Waals surface area (Å²) >= 11 is 0. The summed E-state index contributed by atoms with van der Waals surface area (Å²) in [6.45, 7) is 3.98. The average Bonchev–Trinajstić information content (AvgIpc) is 2.39. The third-order valence-electron chi connectivity index (χ3n) is 3.53. The maximum Gasteiger partial charge on any atom is 0.409 e. The van der Waals surface area contributed by atoms with E-state index in [-0.39, 0.29) is 11.9 Å². The first-order valence-corrected chi connectivity index (χ1v) is 7.25. The van der Waals surface area contributed by atoms with Crippen LogP contribution in [0, 0.1) is 5.92 Å². The van der Waals surface area contributed by atoms with E-state index in [2.05, 4.69) is 12.2 Å². The highest BCUT2D eigenvalue weighted by Crippen LogP contribution is 2.23. The van der Waals surface area contributed by atoms with Crippen LogP contribution in [-0.2, 0) is 9.53 Å². The molecule has 0 aromatic rings. The van der Waals surface area contributed by atoms with Gasteiger partial charge in [-0.25, -0.2) is 4.79 Å². The Labute approximate surface area is 121 Å². The van der Waals surface area contributed by atoms with Gasteiger partial charge >= 0.3 is 6.09 Å². The lowest BCUT2D eigenvalue weighted by atomic mass is 9.87. The molecule has 1 N–H and O–H groups in total. The fraction of sp³-hybridized carbons (Fsp3) is 0.733. The van der Waals surface area contributed by atoms with E-state index in [1.807, 2.05) is 0 Å². The number of carbonyl (C=O) groups is 2. The minimum atomic E-state index is -0.415. The zero-order valence-corrected chi connectivity index (χ0v) is 12.9. The fourth-order valence-electron chi connectivity index (χ4n) is 2.18. The molecule has 0 aromatic carbocycles. The van der Waals surface area contributed by atoms with Crippen LogP contribution in [0.15, 0.2) is 12.2 Å². The first-order chi connectivity index (χ1) is 9.38. The van der Waals surface area contributed by atoms with Gasteiger partial charge in [0.25, 0.3) is 0 Å². The third kappa shape index (κ3) is 6.08. The molecule has 0 radical (unpaired) electrons. The Bertz CT molecular complexity index is 358. The van der Waals surface area contributed by atoms with Crippen molar-refractivity contribution in [2.24, 2.45) is 5.92 Å². The number of hydrogen-bond acceptors (Lipinski definition) is 3. The van der Waals surface area contributed by atoms with Crippen molar-refractivity contribution in [3.63, 3.8) is 0 Å². The van der Waals surface area contributed by atoms with Gasteiger partial charge in [0.2, 0.25) is 5.91 Å². The van der Waals surface area contributed by atoms with E-state index < -0.39 is 12.2 Å². The predicted molar refractivity (Wildman–Crippen MR) is 78.3 cm³/mol. The molecule has 0 saturated heterocycles. The number of nitrogens with one attached hydrogen (secondary N) is 1. The number of amides is 2. The van der Waals surface area contributed by atoms with Crippen molar-refractivity contribution in [3.8, 4) is 0 Å². The van der Waals surface area contributed by atoms with Crippen LogP contribution in [-0.4, -0.2) is 43.1 Å². The lowest BCUT2D eigenvalue weighted by Crippen LogP contribution is -2.36. The Hall–Kier alpha value is -1.52. The lowest BCUT2D eigenvalue weighted by Gasteiger charge is -2.26. The van der Waals surface area contributed by atoms with Gasteiger partial charge in [-0.2, -0.15) is 0 Å². The molecule has 0 aliphatic heterocycles. The quantitative estimate of drug-likeness (QED) is 0.805. The molecular formula is C15H26N2O3. The molecule has 0 bridgehead atoms. The number of nitrogens with zero attached hydrogens (tertiary/aromatic N) is 1. The van der Waals surface area contributed by atoms with Crippen molar-refractivity contribution in [1.82, 2.24) is 10.2 Å². The zero-order chi connectivity index (χ0) is 15.1. The highest BCUT2D eigenvalue weighted by atomic mass is 16.6. The van der Waals surface area contributed by atoms with Gasteiger partial charge in [0.1, 0.15) is 6.10 Å². The smallest absolute Gasteiger partial charge is 0.409 e. The summed E-state index contributed by atoms with van der Waals surface area (Å²) in [6.07, 6.45) is 6.66. The van der Waals surface area contributed by atoms with Crippen LogP contribution >= 0.6 is 0 Å². The molecule has 0 spiro atoms. The van der Waals surface area contributed by atoms with Crippen LogP contribution in [0.4, 0.5) is 4.79 Å². The van der Waals surface area contributed by atoms with Crippen LogP contribution in [0.1, 0.15) is 39.5 Å². The molecule has 1 rings (SSSR count). The first-order valence-electron chi connectivity index (χ1n) is 7.25. The van der Waals surface area contributed by atoms with Crippen molar-refractivity contribution < 1.29 is 14.3 Å². The van der Waals surface area contributed by atoms with E-state index in [4.69, 9.17) is 4.74 Å². The van der Waals surface area contributed by atoms with Crippen molar-refractivity contribution in [1.29, 1.82) is 0 Å². The van der Waals surface area contributed by atoms with Crippen molar-refractivity contribution in [3.05, 3.63) is 12.2 Å². The maximum atomic E-state index is 11.8. The summed E-state index contributed by atoms with van der Waals surface area (Å²) in [4.78, 5) is 24.4. The minimum Gasteiger partial charge on any atom is -0.442 e. The number of ether oxygens (including phenoxy) is 1. The SMILES string of the molecule is CC1CCC(NC(=O)C=CC(C)OC(=O)N(C)C)CC1. The summed E-state index contributed by atoms with van der Waals surface area (Å²) in [5.74, 6) is 0.654. The van der Waals surface area contributed by atoms with E-state index in [9.17, 15) is 9.59 Å². The number of hydrogen-bond donors (Lipinski definition) is 1. The van der Waals surface area contributed by atoms with E-state index in [1.165, 1.54) is 23.8 Å². The normalized spacial score (nSPS) is 24.2. The predicted octanol–water partition coefficient (Wildman–Crippen LogP) is 2.32. The average molecular weight is 282 g/mol. The fourth-order valence-corrected chi connectivity index (χ4v) is 2.18. The van der Waals surface area contributed by atoms with E-state index in [0.29, 0.717) is 0 Å². The molecule has 114 valence electrons. The molecule has 5 heteroatoms. The van der Waals surface area contributed by atoms with Gasteiger partial charge in [-0.1, -0.05) is 6.92 Å². The zero-order valence-electron chi connectivity index (χ0n) is 12.9. The first kappa shape index (κ1) is 16.5. The molecule has 1 unspecified atom stereocenters. The Morgan fingerprint density at radius 3 is 2.40 bits per heavy atom. The summed E-state index contributed by atoms with van der Waals surface area (Å²) in [7, 11) is 3.24. The second kappa shape index (κ2) is 7.92. The van der Waals surface area contributed by atoms with Crippen LogP contribution in [0.2, 0.25) is 0 Å². The number of rotatable bonds is 4. The Kier molecular flexibility index (Phi) is 6.55. The molecular weight excluding hydrogens is 256 g/mol. The van der Waals surface area contributed by atoms with Gasteiger partial charge in [0.05, 0.1) is 0 Å². The van der Waals surface area contributed by atoms with Crippen LogP contribution < -0.4 is 5.32 Å². The summed E-state index contributed by atoms with van der Waals surface area (Å²) in [6, 6.07) is 0.281. The van der Waals surface area contributed by atoms with Crippen LogP contribution in [0.3, 0.4) is 0 Å². The van der Waals surface area contributed by atoms with Gasteiger partial charge in [0.15, 0.2) is 0 Å². The summed E-state index contributed by atoms with van der Waals surface area (Å²) in [5.41, 5.74) is 0. The molecule has 1 aliphatic rings. The Morgan fingerprint density at radius 2 is 1.85 bits per heavy atom. The molecule has 1 atom stereocenters. The van der Waals surface area contributed by atoms with Crippen LogP contribution in [0.25, 0.3) is 0 Å². The van der Waals surface area contributed by atoms with Gasteiger partial charge in [-0.15, -0.1) is 0 Å². The molecule has 0 heterocycles. The largest absolute Gasteiger partial charge is 0.442 e. The molecule has 0 aromatic heterocycles. The monoisotopic (exact) mass is 282 g/mol. The maximum absolute atomic E-state index is 11.8. The standard InChI is InChI=1S/C15H26N2O3/c1-11-5-8-13(9-6-11)16-14(18)10-7-12(2)20-15(19)17(3)4/h7,10-13H,5-6,8-9H2,1-4H3,(H,16,18). The highest BCUT2D eigenvalue weighted by Gasteiger charge is 2.18. The van der Waals surface area contributed by atoms with Gasteiger partial charge in [0, 0.05) is 26.2 Å². The third-order valence-corrected chi connectivity index (χ3v) is 3.53. The lowest BCUT2D eigenvalue weighted by molar-refractivity contribution is -0.117. The molecule has 5 nitrogen and oxygen atoms in total. The summed E-state index contributed by atoms with van der Waals surface area (Å²) < 4.78 is 5.09. The molecule has 2 amide bonds. The molecule has 1 saturated carbocycles. The molecule has 1 aliphatic carbocycles. The van der Waals surface area contributed by atoms with Gasteiger partial charge in [-0.05, 0) is 44.6 Å². The van der Waals surface area contributed by atoms with E-state index in [1.54, 1.807) is 27.1 Å². The highest BCUT2D eigenvalue weighted by molar-refractivity contribution is 5.87. The van der Waals surface area contributed by atoms with E-state index >= 15 is 0 Å². The van der Waals surface area contributed by atoms with Crippen molar-refractivity contribution in [2.45, 2.75) is 51.7 Å². The van der Waals surface area contributed by atoms with Gasteiger partial charge < -0.3 is 15.0 Å². The van der Waals surface area contributed by atoms with Crippen molar-refractivity contribution in [2.75, 3.05) is 14.1 Å². The van der Waals surface area contributed by atoms with Crippen molar-refractivity contribution >= 4 is 12.0 Å².